The molecule has 1 aliphatic carbocycles. The summed E-state index contributed by atoms with van der Waals surface area (Å²) in [5, 5.41) is 3.60. The second-order valence-corrected chi connectivity index (χ2v) is 9.44. The van der Waals surface area contributed by atoms with Gasteiger partial charge < -0.3 is 0 Å². The first-order valence-electron chi connectivity index (χ1n) is 10.2. The van der Waals surface area contributed by atoms with E-state index in [1.54, 1.807) is 22.0 Å². The van der Waals surface area contributed by atoms with Gasteiger partial charge in [0.2, 0.25) is 11.8 Å². The molecule has 0 saturated heterocycles. The number of nitrogens with zero attached hydrogens (tertiary/aromatic N) is 2. The number of benzene rings is 1. The van der Waals surface area contributed by atoms with E-state index in [9.17, 15) is 14.4 Å². The minimum atomic E-state index is -0.407. The van der Waals surface area contributed by atoms with Crippen molar-refractivity contribution in [1.82, 2.24) is 14.9 Å². The average molecular weight is 454 g/mol. The summed E-state index contributed by atoms with van der Waals surface area (Å²) >= 11 is 2.75. The van der Waals surface area contributed by atoms with Crippen molar-refractivity contribution in [2.45, 2.75) is 43.8 Å². The Morgan fingerprint density at radius 3 is 2.74 bits per heavy atom. The molecule has 8 heteroatoms. The molecule has 1 N–H and O–H groups in total. The van der Waals surface area contributed by atoms with Gasteiger partial charge in [0.1, 0.15) is 4.83 Å². The number of thiophene rings is 1. The van der Waals surface area contributed by atoms with Crippen molar-refractivity contribution in [3.05, 3.63) is 69.3 Å². The standard InChI is InChI=1S/C23H23N3O3S2/c1-2-12-26-22(29)20-16-10-6-7-11-17(16)31-21(20)25-23(26)30-14-19(28)24-18(27)13-15-8-4-3-5-9-15/h2-5,8-9H,1,6-7,10-14H2,(H,24,27,28). The zero-order valence-electron chi connectivity index (χ0n) is 17.1. The lowest BCUT2D eigenvalue weighted by molar-refractivity contribution is -0.128. The van der Waals surface area contributed by atoms with Gasteiger partial charge in [-0.25, -0.2) is 4.98 Å². The number of imide groups is 1. The smallest absolute Gasteiger partial charge is 0.263 e. The summed E-state index contributed by atoms with van der Waals surface area (Å²) in [5.74, 6) is -0.758. The highest BCUT2D eigenvalue weighted by atomic mass is 32.2. The topological polar surface area (TPSA) is 81.1 Å². The Morgan fingerprint density at radius 2 is 1.97 bits per heavy atom. The molecule has 0 radical (unpaired) electrons. The van der Waals surface area contributed by atoms with E-state index >= 15 is 0 Å². The summed E-state index contributed by atoms with van der Waals surface area (Å²) < 4.78 is 1.57. The van der Waals surface area contributed by atoms with Crippen molar-refractivity contribution >= 4 is 45.1 Å². The molecule has 2 amide bonds. The first-order chi connectivity index (χ1) is 15.1. The number of carbonyl (C=O) groups is 2. The minimum Gasteiger partial charge on any atom is -0.295 e. The van der Waals surface area contributed by atoms with Gasteiger partial charge in [0, 0.05) is 11.4 Å². The number of rotatable bonds is 7. The van der Waals surface area contributed by atoms with E-state index in [0.29, 0.717) is 17.1 Å². The van der Waals surface area contributed by atoms with Crippen LogP contribution in [0.3, 0.4) is 0 Å². The Labute approximate surface area is 188 Å². The van der Waals surface area contributed by atoms with Crippen molar-refractivity contribution in [2.75, 3.05) is 5.75 Å². The van der Waals surface area contributed by atoms with E-state index < -0.39 is 5.91 Å². The van der Waals surface area contributed by atoms with Crippen LogP contribution in [-0.4, -0.2) is 27.1 Å². The maximum absolute atomic E-state index is 13.2. The monoisotopic (exact) mass is 453 g/mol. The average Bonchev–Trinajstić information content (AvgIpc) is 3.13. The quantitative estimate of drug-likeness (QED) is 0.336. The van der Waals surface area contributed by atoms with Gasteiger partial charge in [-0.2, -0.15) is 0 Å². The number of thioether (sulfide) groups is 1. The molecule has 0 saturated carbocycles. The van der Waals surface area contributed by atoms with Crippen molar-refractivity contribution in [1.29, 1.82) is 0 Å². The summed E-state index contributed by atoms with van der Waals surface area (Å²) in [6.07, 6.45) is 5.93. The van der Waals surface area contributed by atoms with Gasteiger partial charge in [-0.3, -0.25) is 24.3 Å². The van der Waals surface area contributed by atoms with E-state index in [4.69, 9.17) is 4.98 Å². The van der Waals surface area contributed by atoms with Crippen LogP contribution in [0.2, 0.25) is 0 Å². The second-order valence-electron chi connectivity index (χ2n) is 7.41. The molecule has 31 heavy (non-hydrogen) atoms. The number of nitrogens with one attached hydrogen (secondary N) is 1. The predicted octanol–water partition coefficient (Wildman–Crippen LogP) is 3.50. The van der Waals surface area contributed by atoms with Crippen LogP contribution < -0.4 is 10.9 Å². The summed E-state index contributed by atoms with van der Waals surface area (Å²) in [7, 11) is 0. The Bertz CT molecular complexity index is 1200. The summed E-state index contributed by atoms with van der Waals surface area (Å²) in [5.41, 5.74) is 1.91. The van der Waals surface area contributed by atoms with Crippen LogP contribution in [0.4, 0.5) is 0 Å². The molecule has 160 valence electrons. The van der Waals surface area contributed by atoms with Crippen LogP contribution >= 0.6 is 23.1 Å². The molecule has 0 bridgehead atoms. The van der Waals surface area contributed by atoms with Gasteiger partial charge in [-0.05, 0) is 36.8 Å². The Balaban J connectivity index is 1.50. The Morgan fingerprint density at radius 1 is 1.19 bits per heavy atom. The van der Waals surface area contributed by atoms with Crippen molar-refractivity contribution in [3.63, 3.8) is 0 Å². The van der Waals surface area contributed by atoms with Crippen molar-refractivity contribution in [2.24, 2.45) is 0 Å². The van der Waals surface area contributed by atoms with Crippen LogP contribution in [0.15, 0.2) is 52.9 Å². The molecule has 0 spiro atoms. The van der Waals surface area contributed by atoms with Gasteiger partial charge in [0.05, 0.1) is 17.6 Å². The van der Waals surface area contributed by atoms with Gasteiger partial charge in [-0.15, -0.1) is 17.9 Å². The minimum absolute atomic E-state index is 0.000703. The lowest BCUT2D eigenvalue weighted by Gasteiger charge is -2.12. The molecule has 1 aliphatic rings. The number of fused-ring (bicyclic) bond motifs is 3. The molecule has 0 aliphatic heterocycles. The molecule has 0 atom stereocenters. The van der Waals surface area contributed by atoms with Crippen molar-refractivity contribution in [3.8, 4) is 0 Å². The van der Waals surface area contributed by atoms with E-state index in [1.165, 1.54) is 4.88 Å². The second kappa shape index (κ2) is 9.62. The summed E-state index contributed by atoms with van der Waals surface area (Å²) in [6.45, 7) is 4.07. The molecule has 4 rings (SSSR count). The van der Waals surface area contributed by atoms with Crippen LogP contribution in [-0.2, 0) is 35.4 Å². The third kappa shape index (κ3) is 4.80. The zero-order valence-corrected chi connectivity index (χ0v) is 18.7. The molecule has 2 heterocycles. The third-order valence-electron chi connectivity index (χ3n) is 5.17. The van der Waals surface area contributed by atoms with Gasteiger partial charge >= 0.3 is 0 Å². The van der Waals surface area contributed by atoms with Crippen LogP contribution in [0.25, 0.3) is 10.2 Å². The molecular formula is C23H23N3O3S2. The van der Waals surface area contributed by atoms with Crippen LogP contribution in [0.1, 0.15) is 28.8 Å². The van der Waals surface area contributed by atoms with Gasteiger partial charge in [0.15, 0.2) is 5.16 Å². The Hall–Kier alpha value is -2.71. The molecular weight excluding hydrogens is 430 g/mol. The highest BCUT2D eigenvalue weighted by Crippen LogP contribution is 2.34. The third-order valence-corrected chi connectivity index (χ3v) is 7.33. The van der Waals surface area contributed by atoms with Crippen molar-refractivity contribution < 1.29 is 9.59 Å². The number of carbonyl (C=O) groups excluding carboxylic acids is 2. The van der Waals surface area contributed by atoms with Gasteiger partial charge in [0.25, 0.3) is 5.56 Å². The van der Waals surface area contributed by atoms with E-state index in [0.717, 1.165) is 53.4 Å². The number of hydrogen-bond donors (Lipinski definition) is 1. The van der Waals surface area contributed by atoms with Crippen LogP contribution in [0, 0.1) is 0 Å². The highest BCUT2D eigenvalue weighted by Gasteiger charge is 2.22. The number of aromatic nitrogens is 2. The maximum atomic E-state index is 13.2. The molecule has 2 aromatic heterocycles. The lowest BCUT2D eigenvalue weighted by Crippen LogP contribution is -2.33. The van der Waals surface area contributed by atoms with Gasteiger partial charge in [-0.1, -0.05) is 48.2 Å². The first kappa shape index (κ1) is 21.5. The summed E-state index contributed by atoms with van der Waals surface area (Å²) in [6, 6.07) is 9.26. The maximum Gasteiger partial charge on any atom is 0.263 e. The number of allylic oxidation sites excluding steroid dienone is 1. The highest BCUT2D eigenvalue weighted by molar-refractivity contribution is 7.99. The predicted molar refractivity (Wildman–Crippen MR) is 125 cm³/mol. The molecule has 1 aromatic carbocycles. The van der Waals surface area contributed by atoms with Crippen LogP contribution in [0.5, 0.6) is 0 Å². The fraction of sp³-hybridized carbons (Fsp3) is 0.304. The SMILES string of the molecule is C=CCn1c(SCC(=O)NC(=O)Cc2ccccc2)nc2sc3c(c2c1=O)CCCC3. The number of aryl methyl sites for hydroxylation is 2. The molecule has 0 fully saturated rings. The fourth-order valence-electron chi connectivity index (χ4n) is 3.77. The Kier molecular flexibility index (Phi) is 6.67. The zero-order chi connectivity index (χ0) is 21.8. The first-order valence-corrected chi connectivity index (χ1v) is 12.0. The number of amides is 2. The summed E-state index contributed by atoms with van der Waals surface area (Å²) in [4.78, 5) is 44.3. The fourth-order valence-corrected chi connectivity index (χ4v) is 5.88. The molecule has 6 nitrogen and oxygen atoms in total. The molecule has 3 aromatic rings. The van der Waals surface area contributed by atoms with E-state index in [2.05, 4.69) is 11.9 Å². The lowest BCUT2D eigenvalue weighted by atomic mass is 9.97. The molecule has 0 unspecified atom stereocenters. The normalized spacial score (nSPS) is 13.0. The largest absolute Gasteiger partial charge is 0.295 e. The number of hydrogen-bond acceptors (Lipinski definition) is 6. The van der Waals surface area contributed by atoms with E-state index in [-0.39, 0.29) is 23.6 Å². The van der Waals surface area contributed by atoms with E-state index in [1.807, 2.05) is 30.3 Å².